The minimum Gasteiger partial charge on any atom is -0.498 e. The fourth-order valence-electron chi connectivity index (χ4n) is 0.220. The van der Waals surface area contributed by atoms with Gasteiger partial charge in [-0.25, -0.2) is 0 Å². The van der Waals surface area contributed by atoms with Gasteiger partial charge in [0.15, 0.2) is 0 Å². The van der Waals surface area contributed by atoms with Crippen molar-refractivity contribution in [3.05, 3.63) is 38.2 Å². The van der Waals surface area contributed by atoms with Crippen molar-refractivity contribution >= 4 is 10.4 Å². The molecular formula is C8H19NO5S. The monoisotopic (exact) mass is 241 g/mol. The SMILES string of the molecule is C=C.C=CCOC=CC.N.O=S(=O)(O)O. The van der Waals surface area contributed by atoms with Gasteiger partial charge in [-0.05, 0) is 6.92 Å². The molecule has 0 spiro atoms. The molecule has 5 N–H and O–H groups in total. The van der Waals surface area contributed by atoms with Crippen LogP contribution in [0.5, 0.6) is 0 Å². The predicted octanol–water partition coefficient (Wildman–Crippen LogP) is 2.03. The molecule has 0 amide bonds. The zero-order valence-corrected chi connectivity index (χ0v) is 9.61. The lowest BCUT2D eigenvalue weighted by Crippen LogP contribution is -1.89. The van der Waals surface area contributed by atoms with Gasteiger partial charge in [0, 0.05) is 0 Å². The Bertz CT molecular complexity index is 227. The Labute approximate surface area is 91.1 Å². The Morgan fingerprint density at radius 2 is 1.67 bits per heavy atom. The molecular weight excluding hydrogens is 222 g/mol. The molecule has 0 aliphatic rings. The van der Waals surface area contributed by atoms with E-state index >= 15 is 0 Å². The molecule has 0 saturated heterocycles. The molecule has 0 aromatic heterocycles. The predicted molar refractivity (Wildman–Crippen MR) is 61.4 cm³/mol. The van der Waals surface area contributed by atoms with Crippen LogP contribution in [-0.4, -0.2) is 24.1 Å². The van der Waals surface area contributed by atoms with E-state index in [1.807, 2.05) is 13.0 Å². The molecule has 6 nitrogen and oxygen atoms in total. The summed E-state index contributed by atoms with van der Waals surface area (Å²) in [6.45, 7) is 12.0. The van der Waals surface area contributed by atoms with Gasteiger partial charge >= 0.3 is 10.4 Å². The highest BCUT2D eigenvalue weighted by Crippen LogP contribution is 1.74. The zero-order valence-electron chi connectivity index (χ0n) is 8.80. The van der Waals surface area contributed by atoms with E-state index < -0.39 is 10.4 Å². The lowest BCUT2D eigenvalue weighted by Gasteiger charge is -1.88. The maximum Gasteiger partial charge on any atom is 0.394 e. The van der Waals surface area contributed by atoms with Crippen LogP contribution in [-0.2, 0) is 15.1 Å². The third-order valence-electron chi connectivity index (χ3n) is 0.446. The summed E-state index contributed by atoms with van der Waals surface area (Å²) in [6, 6.07) is 0. The van der Waals surface area contributed by atoms with Gasteiger partial charge in [0.25, 0.3) is 0 Å². The Morgan fingerprint density at radius 1 is 1.33 bits per heavy atom. The summed E-state index contributed by atoms with van der Waals surface area (Å²) < 4.78 is 36.4. The van der Waals surface area contributed by atoms with Crippen molar-refractivity contribution in [2.24, 2.45) is 0 Å². The minimum atomic E-state index is -4.67. The Morgan fingerprint density at radius 3 is 1.87 bits per heavy atom. The molecule has 0 fully saturated rings. The highest BCUT2D eigenvalue weighted by Gasteiger charge is 1.84. The summed E-state index contributed by atoms with van der Waals surface area (Å²) >= 11 is 0. The van der Waals surface area contributed by atoms with Crippen LogP contribution in [0.3, 0.4) is 0 Å². The van der Waals surface area contributed by atoms with Crippen molar-refractivity contribution in [3.63, 3.8) is 0 Å². The molecule has 0 aliphatic carbocycles. The highest BCUT2D eigenvalue weighted by atomic mass is 32.3. The van der Waals surface area contributed by atoms with Crippen LogP contribution >= 0.6 is 0 Å². The number of hydrogen-bond acceptors (Lipinski definition) is 4. The van der Waals surface area contributed by atoms with Gasteiger partial charge in [0.2, 0.25) is 0 Å². The quantitative estimate of drug-likeness (QED) is 0.301. The Kier molecular flexibility index (Phi) is 29.2. The second-order valence-corrected chi connectivity index (χ2v) is 2.43. The van der Waals surface area contributed by atoms with Crippen LogP contribution in [0.25, 0.3) is 0 Å². The van der Waals surface area contributed by atoms with E-state index in [1.165, 1.54) is 0 Å². The van der Waals surface area contributed by atoms with Gasteiger partial charge < -0.3 is 10.9 Å². The molecule has 0 bridgehead atoms. The van der Waals surface area contributed by atoms with Gasteiger partial charge in [-0.2, -0.15) is 8.42 Å². The molecule has 0 atom stereocenters. The van der Waals surface area contributed by atoms with E-state index in [0.29, 0.717) is 6.61 Å². The summed E-state index contributed by atoms with van der Waals surface area (Å²) in [6.07, 6.45) is 5.19. The first-order chi connectivity index (χ1) is 6.41. The highest BCUT2D eigenvalue weighted by molar-refractivity contribution is 7.79. The molecule has 0 heterocycles. The van der Waals surface area contributed by atoms with Gasteiger partial charge in [0.05, 0.1) is 6.26 Å². The van der Waals surface area contributed by atoms with Crippen molar-refractivity contribution in [2.45, 2.75) is 6.92 Å². The van der Waals surface area contributed by atoms with E-state index in [2.05, 4.69) is 19.7 Å². The van der Waals surface area contributed by atoms with Crippen molar-refractivity contribution in [1.29, 1.82) is 0 Å². The van der Waals surface area contributed by atoms with Crippen LogP contribution in [0.1, 0.15) is 6.92 Å². The summed E-state index contributed by atoms with van der Waals surface area (Å²) in [5.74, 6) is 0. The van der Waals surface area contributed by atoms with E-state index in [-0.39, 0.29) is 6.15 Å². The van der Waals surface area contributed by atoms with Crippen molar-refractivity contribution in [1.82, 2.24) is 6.15 Å². The van der Waals surface area contributed by atoms with E-state index in [4.69, 9.17) is 22.3 Å². The summed E-state index contributed by atoms with van der Waals surface area (Å²) in [7, 11) is -4.67. The molecule has 0 aromatic carbocycles. The van der Waals surface area contributed by atoms with Gasteiger partial charge in [-0.3, -0.25) is 9.11 Å². The molecule has 0 unspecified atom stereocenters. The smallest absolute Gasteiger partial charge is 0.394 e. The molecule has 0 radical (unpaired) electrons. The third-order valence-corrected chi connectivity index (χ3v) is 0.446. The molecule has 92 valence electrons. The van der Waals surface area contributed by atoms with Gasteiger partial charge in [0.1, 0.15) is 6.61 Å². The molecule has 0 saturated carbocycles. The van der Waals surface area contributed by atoms with Gasteiger partial charge in [-0.15, -0.1) is 13.2 Å². The third kappa shape index (κ3) is 186. The normalized spacial score (nSPS) is 8.47. The fourth-order valence-corrected chi connectivity index (χ4v) is 0.220. The fraction of sp³-hybridized carbons (Fsp3) is 0.250. The molecule has 15 heavy (non-hydrogen) atoms. The number of hydrogen-bond donors (Lipinski definition) is 3. The molecule has 7 heteroatoms. The van der Waals surface area contributed by atoms with E-state index in [1.54, 1.807) is 12.3 Å². The molecule has 0 aromatic rings. The number of rotatable bonds is 3. The average molecular weight is 241 g/mol. The first-order valence-electron chi connectivity index (χ1n) is 3.45. The maximum absolute atomic E-state index is 8.74. The maximum atomic E-state index is 8.74. The largest absolute Gasteiger partial charge is 0.498 e. The molecule has 0 aliphatic heterocycles. The topological polar surface area (TPSA) is 119 Å². The second kappa shape index (κ2) is 18.6. The standard InChI is InChI=1S/C6H10O.C2H4.H3N.H2O4S/c1-3-5-7-6-4-2;1-2;;1-5(2,3)4/h3-4,6H,1,5H2,2H3;1-2H2;1H3;(H2,1,2,3,4). The van der Waals surface area contributed by atoms with Crippen molar-refractivity contribution < 1.29 is 22.3 Å². The zero-order chi connectivity index (χ0) is 12.0. The second-order valence-electron chi connectivity index (χ2n) is 1.54. The first-order valence-corrected chi connectivity index (χ1v) is 4.85. The lowest BCUT2D eigenvalue weighted by atomic mass is 10.7. The van der Waals surface area contributed by atoms with Crippen LogP contribution in [0.15, 0.2) is 38.2 Å². The molecule has 0 rings (SSSR count). The minimum absolute atomic E-state index is 0. The Balaban J connectivity index is -0.0000000675. The van der Waals surface area contributed by atoms with Crippen molar-refractivity contribution in [2.75, 3.05) is 6.61 Å². The van der Waals surface area contributed by atoms with Crippen LogP contribution < -0.4 is 6.15 Å². The lowest BCUT2D eigenvalue weighted by molar-refractivity contribution is 0.289. The van der Waals surface area contributed by atoms with Crippen LogP contribution in [0.4, 0.5) is 0 Å². The van der Waals surface area contributed by atoms with Crippen molar-refractivity contribution in [3.8, 4) is 0 Å². The Hall–Kier alpha value is -1.15. The number of allylic oxidation sites excluding steroid dienone is 1. The summed E-state index contributed by atoms with van der Waals surface area (Å²) in [4.78, 5) is 0. The van der Waals surface area contributed by atoms with Crippen LogP contribution in [0.2, 0.25) is 0 Å². The van der Waals surface area contributed by atoms with E-state index in [0.717, 1.165) is 0 Å². The summed E-state index contributed by atoms with van der Waals surface area (Å²) in [5, 5.41) is 0. The average Bonchev–Trinajstić information content (AvgIpc) is 2.06. The van der Waals surface area contributed by atoms with E-state index in [9.17, 15) is 0 Å². The van der Waals surface area contributed by atoms with Crippen LogP contribution in [0, 0.1) is 0 Å². The number of ether oxygens (including phenoxy) is 1. The first kappa shape index (κ1) is 23.6. The summed E-state index contributed by atoms with van der Waals surface area (Å²) in [5.41, 5.74) is 0. The van der Waals surface area contributed by atoms with Gasteiger partial charge in [-0.1, -0.05) is 18.7 Å².